The number of nitrogens with one attached hydrogen (secondary N) is 1. The number of tetrazole rings is 1. The number of benzene rings is 3. The summed E-state index contributed by atoms with van der Waals surface area (Å²) in [5.74, 6) is -0.896. The molecule has 0 amide bonds. The highest BCUT2D eigenvalue weighted by atomic mass is 35.5. The first-order valence-corrected chi connectivity index (χ1v) is 12.4. The lowest BCUT2D eigenvalue weighted by atomic mass is 9.94. The lowest BCUT2D eigenvalue weighted by molar-refractivity contribution is -0.614. The molecule has 1 atom stereocenters. The second-order valence-corrected chi connectivity index (χ2v) is 9.42. The average molecular weight is 538 g/mol. The topological polar surface area (TPSA) is 137 Å². The predicted molar refractivity (Wildman–Crippen MR) is 144 cm³/mol. The Morgan fingerprint density at radius 1 is 1.08 bits per heavy atom. The minimum atomic E-state index is -1.02. The van der Waals surface area contributed by atoms with E-state index in [4.69, 9.17) is 16.6 Å². The number of hydrogen-bond donors (Lipinski definition) is 2. The molecule has 0 aliphatic heterocycles. The number of carboxylic acids is 1. The van der Waals surface area contributed by atoms with Gasteiger partial charge in [-0.05, 0) is 64.9 Å². The first kappa shape index (κ1) is 24.3. The summed E-state index contributed by atoms with van der Waals surface area (Å²) in [6, 6.07) is 23.4. The maximum Gasteiger partial charge on any atom is 0.335 e. The summed E-state index contributed by atoms with van der Waals surface area (Å²) in [6.45, 7) is 0. The van der Waals surface area contributed by atoms with Crippen LogP contribution in [-0.4, -0.2) is 41.3 Å². The van der Waals surface area contributed by atoms with Crippen molar-refractivity contribution in [3.8, 4) is 16.8 Å². The van der Waals surface area contributed by atoms with Gasteiger partial charge >= 0.3 is 5.97 Å². The molecule has 0 saturated carbocycles. The van der Waals surface area contributed by atoms with Gasteiger partial charge in [0.1, 0.15) is 18.1 Å². The number of carboxylic acid groups (broad SMARTS) is 1. The molecule has 39 heavy (non-hydrogen) atoms. The Morgan fingerprint density at radius 2 is 1.92 bits per heavy atom. The Bertz CT molecular complexity index is 1800. The number of fused-ring (bicyclic) bond motifs is 1. The summed E-state index contributed by atoms with van der Waals surface area (Å²) in [5.41, 5.74) is 4.85. The van der Waals surface area contributed by atoms with Crippen molar-refractivity contribution in [3.63, 3.8) is 0 Å². The minimum absolute atomic E-state index is 0.153. The van der Waals surface area contributed by atoms with E-state index in [1.54, 1.807) is 36.4 Å². The largest absolute Gasteiger partial charge is 0.618 e. The Balaban J connectivity index is 1.45. The van der Waals surface area contributed by atoms with Gasteiger partial charge in [0, 0.05) is 22.2 Å². The van der Waals surface area contributed by atoms with E-state index in [0.717, 1.165) is 10.3 Å². The van der Waals surface area contributed by atoms with Crippen LogP contribution in [0.5, 0.6) is 0 Å². The Kier molecular flexibility index (Phi) is 6.22. The van der Waals surface area contributed by atoms with Gasteiger partial charge in [-0.1, -0.05) is 41.9 Å². The van der Waals surface area contributed by atoms with Crippen molar-refractivity contribution < 1.29 is 14.6 Å². The van der Waals surface area contributed by atoms with Crippen molar-refractivity contribution in [1.29, 1.82) is 0 Å². The van der Waals surface area contributed by atoms with Crippen LogP contribution in [0.1, 0.15) is 33.4 Å². The fraction of sp³-hybridized carbons (Fsp3) is 0.0714. The molecular formula is C28H20ClN7O3. The van der Waals surface area contributed by atoms with Gasteiger partial charge in [0.05, 0.1) is 22.3 Å². The van der Waals surface area contributed by atoms with E-state index in [-0.39, 0.29) is 5.56 Å². The maximum absolute atomic E-state index is 13.6. The number of aromatic amines is 1. The Labute approximate surface area is 226 Å². The molecule has 3 aromatic carbocycles. The summed E-state index contributed by atoms with van der Waals surface area (Å²) in [5, 5.41) is 34.9. The standard InChI is InChI=1S/C28H20ClN7O3/c29-20-8-11-25(35-16-30-33-34-35)21(14-20)19-7-10-26(36(39)15-19)22(12-17-4-2-1-3-5-17)27-31-23-9-6-18(28(37)38)13-24(23)32-27/h1-11,13-16,22H,12H2,(H,31,32)(H,37,38). The van der Waals surface area contributed by atoms with Crippen molar-refractivity contribution >= 4 is 28.6 Å². The van der Waals surface area contributed by atoms with Crippen LogP contribution in [0.4, 0.5) is 0 Å². The van der Waals surface area contributed by atoms with Gasteiger partial charge in [0.15, 0.2) is 6.20 Å². The minimum Gasteiger partial charge on any atom is -0.618 e. The number of imidazole rings is 1. The van der Waals surface area contributed by atoms with E-state index in [0.29, 0.717) is 50.8 Å². The van der Waals surface area contributed by atoms with E-state index in [9.17, 15) is 15.1 Å². The quantitative estimate of drug-likeness (QED) is 0.225. The SMILES string of the molecule is O=C(O)c1ccc2nc(C(Cc3ccccc3)c3ccc(-c4cc(Cl)ccc4-n4cnnn4)c[n+]3[O-])[nH]c2c1. The molecule has 10 nitrogen and oxygen atoms in total. The predicted octanol–water partition coefficient (Wildman–Crippen LogP) is 4.57. The molecule has 0 saturated heterocycles. The van der Waals surface area contributed by atoms with Crippen LogP contribution < -0.4 is 4.73 Å². The van der Waals surface area contributed by atoms with Crippen LogP contribution >= 0.6 is 11.6 Å². The van der Waals surface area contributed by atoms with Crippen LogP contribution in [-0.2, 0) is 6.42 Å². The molecule has 1 unspecified atom stereocenters. The van der Waals surface area contributed by atoms with Gasteiger partial charge in [-0.3, -0.25) is 0 Å². The van der Waals surface area contributed by atoms with Crippen molar-refractivity contribution in [1.82, 2.24) is 30.2 Å². The molecule has 11 heteroatoms. The lowest BCUT2D eigenvalue weighted by Crippen LogP contribution is -2.34. The number of nitrogens with zero attached hydrogens (tertiary/aromatic N) is 6. The second-order valence-electron chi connectivity index (χ2n) is 8.99. The third kappa shape index (κ3) is 4.80. The third-order valence-corrected chi connectivity index (χ3v) is 6.76. The second kappa shape index (κ2) is 9.99. The molecule has 0 radical (unpaired) electrons. The summed E-state index contributed by atoms with van der Waals surface area (Å²) in [7, 11) is 0. The molecule has 0 aliphatic rings. The lowest BCUT2D eigenvalue weighted by Gasteiger charge is -2.16. The van der Waals surface area contributed by atoms with Crippen LogP contribution in [0, 0.1) is 5.21 Å². The molecule has 0 aliphatic carbocycles. The van der Waals surface area contributed by atoms with Crippen LogP contribution in [0.15, 0.2) is 91.4 Å². The summed E-state index contributed by atoms with van der Waals surface area (Å²) in [4.78, 5) is 19.4. The number of rotatable bonds is 7. The zero-order valence-electron chi connectivity index (χ0n) is 20.3. The molecule has 6 rings (SSSR count). The van der Waals surface area contributed by atoms with Crippen LogP contribution in [0.2, 0.25) is 5.02 Å². The third-order valence-electron chi connectivity index (χ3n) is 6.53. The van der Waals surface area contributed by atoms with Gasteiger partial charge in [-0.25, -0.2) is 9.78 Å². The summed E-state index contributed by atoms with van der Waals surface area (Å²) < 4.78 is 2.34. The number of hydrogen-bond acceptors (Lipinski definition) is 6. The van der Waals surface area contributed by atoms with Crippen molar-refractivity contribution in [3.05, 3.63) is 124 Å². The monoisotopic (exact) mass is 537 g/mol. The van der Waals surface area contributed by atoms with Gasteiger partial charge < -0.3 is 15.3 Å². The number of carbonyl (C=O) groups is 1. The van der Waals surface area contributed by atoms with E-state index in [2.05, 4.69) is 20.5 Å². The van der Waals surface area contributed by atoms with Crippen LogP contribution in [0.3, 0.4) is 0 Å². The fourth-order valence-electron chi connectivity index (χ4n) is 4.65. The molecule has 6 aromatic rings. The maximum atomic E-state index is 13.6. The molecule has 3 aromatic heterocycles. The highest BCUT2D eigenvalue weighted by Crippen LogP contribution is 2.31. The smallest absolute Gasteiger partial charge is 0.335 e. The van der Waals surface area contributed by atoms with Crippen LogP contribution in [0.25, 0.3) is 27.8 Å². The number of H-pyrrole nitrogens is 1. The zero-order chi connectivity index (χ0) is 26.9. The molecule has 0 bridgehead atoms. The van der Waals surface area contributed by atoms with Gasteiger partial charge in [-0.2, -0.15) is 9.41 Å². The molecule has 2 N–H and O–H groups in total. The molecule has 3 heterocycles. The van der Waals surface area contributed by atoms with Gasteiger partial charge in [-0.15, -0.1) is 5.10 Å². The first-order chi connectivity index (χ1) is 19.0. The molecule has 0 fully saturated rings. The van der Waals surface area contributed by atoms with E-state index < -0.39 is 11.9 Å². The normalized spacial score (nSPS) is 12.0. The summed E-state index contributed by atoms with van der Waals surface area (Å²) >= 11 is 6.29. The first-order valence-electron chi connectivity index (χ1n) is 12.0. The average Bonchev–Trinajstić information content (AvgIpc) is 3.62. The van der Waals surface area contributed by atoms with Crippen molar-refractivity contribution in [2.24, 2.45) is 0 Å². The van der Waals surface area contributed by atoms with Gasteiger partial charge in [0.25, 0.3) is 0 Å². The van der Waals surface area contributed by atoms with Crippen molar-refractivity contribution in [2.75, 3.05) is 0 Å². The number of aromatic nitrogens is 7. The van der Waals surface area contributed by atoms with E-state index in [1.807, 2.05) is 36.4 Å². The van der Waals surface area contributed by atoms with E-state index in [1.165, 1.54) is 23.3 Å². The van der Waals surface area contributed by atoms with Gasteiger partial charge in [0.2, 0.25) is 5.69 Å². The summed E-state index contributed by atoms with van der Waals surface area (Å²) in [6.07, 6.45) is 3.47. The Morgan fingerprint density at radius 3 is 2.67 bits per heavy atom. The van der Waals surface area contributed by atoms with E-state index >= 15 is 0 Å². The molecular weight excluding hydrogens is 518 g/mol. The van der Waals surface area contributed by atoms with Crippen molar-refractivity contribution in [2.45, 2.75) is 12.3 Å². The Hall–Kier alpha value is -5.09. The zero-order valence-corrected chi connectivity index (χ0v) is 21.0. The molecule has 192 valence electrons. The number of aromatic carboxylic acids is 1. The highest BCUT2D eigenvalue weighted by molar-refractivity contribution is 6.31. The number of halogens is 1. The number of pyridine rings is 1. The highest BCUT2D eigenvalue weighted by Gasteiger charge is 2.27. The molecule has 0 spiro atoms. The fourth-order valence-corrected chi connectivity index (χ4v) is 4.82.